The van der Waals surface area contributed by atoms with Gasteiger partial charge < -0.3 is 11.1 Å². The smallest absolute Gasteiger partial charge is 0.251 e. The van der Waals surface area contributed by atoms with Crippen LogP contribution in [0.1, 0.15) is 71.5 Å². The van der Waals surface area contributed by atoms with E-state index in [1.165, 1.54) is 21.8 Å². The molecule has 1 aromatic carbocycles. The molecule has 0 fully saturated rings. The first-order valence-electron chi connectivity index (χ1n) is 9.70. The van der Waals surface area contributed by atoms with E-state index >= 15 is 0 Å². The van der Waals surface area contributed by atoms with Crippen LogP contribution in [0, 0.1) is 5.92 Å². The number of amides is 2. The van der Waals surface area contributed by atoms with Crippen molar-refractivity contribution in [3.63, 3.8) is 0 Å². The van der Waals surface area contributed by atoms with Gasteiger partial charge in [0.2, 0.25) is 5.91 Å². The fourth-order valence-corrected chi connectivity index (χ4v) is 5.00. The fourth-order valence-electron chi connectivity index (χ4n) is 3.70. The molecule has 1 aromatic heterocycles. The molecule has 3 N–H and O–H groups in total. The molecular formula is C22H28N2O2S. The van der Waals surface area contributed by atoms with Crippen LogP contribution < -0.4 is 11.1 Å². The standard InChI is InChI=1S/C22H28N2O2S/c1-13(2)12-15-8-10-16(11-9-15)14(3)21(26)24-22-19(20(23)25)17-6-4-5-7-18(17)27-22/h8-11,13-14H,4-7,12H2,1-3H3,(H2,23,25)(H,24,26). The van der Waals surface area contributed by atoms with Gasteiger partial charge in [-0.2, -0.15) is 0 Å². The van der Waals surface area contributed by atoms with Gasteiger partial charge in [0.1, 0.15) is 5.00 Å². The number of hydrogen-bond donors (Lipinski definition) is 2. The fraction of sp³-hybridized carbons (Fsp3) is 0.455. The molecule has 2 amide bonds. The van der Waals surface area contributed by atoms with Gasteiger partial charge in [0.05, 0.1) is 11.5 Å². The third-order valence-electron chi connectivity index (χ3n) is 5.17. The lowest BCUT2D eigenvalue weighted by Crippen LogP contribution is -2.21. The lowest BCUT2D eigenvalue weighted by molar-refractivity contribution is -0.117. The number of fused-ring (bicyclic) bond motifs is 1. The third-order valence-corrected chi connectivity index (χ3v) is 6.38. The molecule has 0 aliphatic heterocycles. The zero-order valence-corrected chi connectivity index (χ0v) is 17.1. The average molecular weight is 385 g/mol. The number of carbonyl (C=O) groups excluding carboxylic acids is 2. The third kappa shape index (κ3) is 4.41. The van der Waals surface area contributed by atoms with Gasteiger partial charge in [-0.05, 0) is 61.6 Å². The van der Waals surface area contributed by atoms with E-state index in [-0.39, 0.29) is 11.8 Å². The molecule has 0 bridgehead atoms. The number of primary amides is 1. The summed E-state index contributed by atoms with van der Waals surface area (Å²) in [6, 6.07) is 8.24. The van der Waals surface area contributed by atoms with E-state index in [1.54, 1.807) is 0 Å². The SMILES string of the molecule is CC(C)Cc1ccc(C(C)C(=O)Nc2sc3c(c2C(N)=O)CCCC3)cc1. The molecule has 1 aliphatic rings. The van der Waals surface area contributed by atoms with Crippen LogP contribution >= 0.6 is 11.3 Å². The molecule has 4 nitrogen and oxygen atoms in total. The Hall–Kier alpha value is -2.14. The lowest BCUT2D eigenvalue weighted by atomic mass is 9.95. The first-order chi connectivity index (χ1) is 12.9. The number of aryl methyl sites for hydroxylation is 1. The number of thiophene rings is 1. The van der Waals surface area contributed by atoms with Crippen LogP contribution in [0.2, 0.25) is 0 Å². The number of hydrogen-bond acceptors (Lipinski definition) is 3. The van der Waals surface area contributed by atoms with Crippen LogP contribution in [0.25, 0.3) is 0 Å². The van der Waals surface area contributed by atoms with Crippen LogP contribution in [0.15, 0.2) is 24.3 Å². The van der Waals surface area contributed by atoms with Crippen molar-refractivity contribution in [3.05, 3.63) is 51.4 Å². The Morgan fingerprint density at radius 1 is 1.11 bits per heavy atom. The number of nitrogens with two attached hydrogens (primary N) is 1. The first-order valence-corrected chi connectivity index (χ1v) is 10.5. The van der Waals surface area contributed by atoms with Crippen molar-refractivity contribution in [1.82, 2.24) is 0 Å². The number of benzene rings is 1. The Kier molecular flexibility index (Phi) is 6.00. The van der Waals surface area contributed by atoms with Crippen molar-refractivity contribution < 1.29 is 9.59 Å². The van der Waals surface area contributed by atoms with Crippen molar-refractivity contribution in [2.75, 3.05) is 5.32 Å². The summed E-state index contributed by atoms with van der Waals surface area (Å²) in [5.41, 5.74) is 9.43. The van der Waals surface area contributed by atoms with Gasteiger partial charge in [-0.1, -0.05) is 38.1 Å². The average Bonchev–Trinajstić information content (AvgIpc) is 2.99. The highest BCUT2D eigenvalue weighted by Crippen LogP contribution is 2.38. The number of carbonyl (C=O) groups is 2. The molecule has 1 unspecified atom stereocenters. The predicted molar refractivity (Wildman–Crippen MR) is 112 cm³/mol. The molecule has 1 heterocycles. The van der Waals surface area contributed by atoms with Gasteiger partial charge >= 0.3 is 0 Å². The maximum Gasteiger partial charge on any atom is 0.251 e. The Balaban J connectivity index is 1.77. The largest absolute Gasteiger partial charge is 0.365 e. The van der Waals surface area contributed by atoms with Crippen LogP contribution in [-0.4, -0.2) is 11.8 Å². The van der Waals surface area contributed by atoms with Crippen LogP contribution in [0.4, 0.5) is 5.00 Å². The second kappa shape index (κ2) is 8.26. The molecule has 0 spiro atoms. The molecule has 0 saturated carbocycles. The van der Waals surface area contributed by atoms with E-state index in [4.69, 9.17) is 5.73 Å². The maximum atomic E-state index is 12.8. The molecule has 0 saturated heterocycles. The van der Waals surface area contributed by atoms with Crippen LogP contribution in [0.5, 0.6) is 0 Å². The predicted octanol–water partition coefficient (Wildman–Crippen LogP) is 4.67. The van der Waals surface area contributed by atoms with Gasteiger partial charge in [-0.3, -0.25) is 9.59 Å². The van der Waals surface area contributed by atoms with Gasteiger partial charge in [-0.15, -0.1) is 11.3 Å². The second-order valence-corrected chi connectivity index (χ2v) is 8.93. The highest BCUT2D eigenvalue weighted by Gasteiger charge is 2.26. The lowest BCUT2D eigenvalue weighted by Gasteiger charge is -2.14. The molecule has 0 radical (unpaired) electrons. The van der Waals surface area contributed by atoms with E-state index in [1.807, 2.05) is 19.1 Å². The molecule has 2 aromatic rings. The minimum Gasteiger partial charge on any atom is -0.365 e. The van der Waals surface area contributed by atoms with E-state index < -0.39 is 5.91 Å². The molecule has 5 heteroatoms. The summed E-state index contributed by atoms with van der Waals surface area (Å²) in [6.07, 6.45) is 5.05. The molecule has 1 atom stereocenters. The Bertz CT molecular complexity index is 837. The Morgan fingerprint density at radius 2 is 1.78 bits per heavy atom. The van der Waals surface area contributed by atoms with Crippen LogP contribution in [0.3, 0.4) is 0 Å². The highest BCUT2D eigenvalue weighted by atomic mass is 32.1. The zero-order valence-electron chi connectivity index (χ0n) is 16.3. The minimum atomic E-state index is -0.449. The quantitative estimate of drug-likeness (QED) is 0.760. The monoisotopic (exact) mass is 384 g/mol. The summed E-state index contributed by atoms with van der Waals surface area (Å²) < 4.78 is 0. The number of rotatable bonds is 6. The Labute approximate surface area is 165 Å². The summed E-state index contributed by atoms with van der Waals surface area (Å²) >= 11 is 1.51. The van der Waals surface area contributed by atoms with E-state index in [0.717, 1.165) is 43.2 Å². The zero-order chi connectivity index (χ0) is 19.6. The summed E-state index contributed by atoms with van der Waals surface area (Å²) in [4.78, 5) is 26.0. The molecule has 1 aliphatic carbocycles. The van der Waals surface area contributed by atoms with Crippen LogP contribution in [-0.2, 0) is 24.1 Å². The van der Waals surface area contributed by atoms with Crippen molar-refractivity contribution in [1.29, 1.82) is 0 Å². The second-order valence-electron chi connectivity index (χ2n) is 7.83. The first kappa shape index (κ1) is 19.6. The summed E-state index contributed by atoms with van der Waals surface area (Å²) in [5.74, 6) is -0.241. The van der Waals surface area contributed by atoms with E-state index in [2.05, 4.69) is 31.3 Å². The normalized spacial score (nSPS) is 14.7. The van der Waals surface area contributed by atoms with Crippen molar-refractivity contribution in [3.8, 4) is 0 Å². The van der Waals surface area contributed by atoms with E-state index in [0.29, 0.717) is 16.5 Å². The maximum absolute atomic E-state index is 12.8. The molecule has 144 valence electrons. The van der Waals surface area contributed by atoms with Crippen molar-refractivity contribution in [2.24, 2.45) is 11.7 Å². The number of nitrogens with one attached hydrogen (secondary N) is 1. The summed E-state index contributed by atoms with van der Waals surface area (Å²) in [6.45, 7) is 6.28. The molecule has 3 rings (SSSR count). The summed E-state index contributed by atoms with van der Waals surface area (Å²) in [7, 11) is 0. The van der Waals surface area contributed by atoms with Crippen molar-refractivity contribution >= 4 is 28.2 Å². The van der Waals surface area contributed by atoms with Gasteiger partial charge in [0.15, 0.2) is 0 Å². The minimum absolute atomic E-state index is 0.104. The topological polar surface area (TPSA) is 72.2 Å². The Morgan fingerprint density at radius 3 is 2.41 bits per heavy atom. The summed E-state index contributed by atoms with van der Waals surface area (Å²) in [5, 5.41) is 3.59. The van der Waals surface area contributed by atoms with Gasteiger partial charge in [-0.25, -0.2) is 0 Å². The van der Waals surface area contributed by atoms with Crippen molar-refractivity contribution in [2.45, 2.75) is 58.8 Å². The van der Waals surface area contributed by atoms with Gasteiger partial charge in [0, 0.05) is 4.88 Å². The molecular weight excluding hydrogens is 356 g/mol. The van der Waals surface area contributed by atoms with E-state index in [9.17, 15) is 9.59 Å². The highest BCUT2D eigenvalue weighted by molar-refractivity contribution is 7.17. The number of anilines is 1. The van der Waals surface area contributed by atoms with Gasteiger partial charge in [0.25, 0.3) is 5.91 Å². The molecule has 27 heavy (non-hydrogen) atoms.